The number of carbonyl (C=O) groups excluding carboxylic acids is 2. The van der Waals surface area contributed by atoms with Crippen LogP contribution in [0, 0.1) is 0 Å². The fraction of sp³-hybridized carbons (Fsp3) is 0.158. The molecule has 116 valence electrons. The molecule has 1 N–H and O–H groups in total. The van der Waals surface area contributed by atoms with Crippen molar-refractivity contribution in [2.24, 2.45) is 0 Å². The zero-order chi connectivity index (χ0) is 16.4. The van der Waals surface area contributed by atoms with Crippen LogP contribution in [0.3, 0.4) is 0 Å². The molecule has 2 aromatic rings. The fourth-order valence-corrected chi connectivity index (χ4v) is 2.33. The molecule has 2 unspecified atom stereocenters. The summed E-state index contributed by atoms with van der Waals surface area (Å²) in [5, 5.41) is 2.71. The Bertz CT molecular complexity index is 750. The molecule has 0 spiro atoms. The second-order valence-corrected chi connectivity index (χ2v) is 5.56. The van der Waals surface area contributed by atoms with Gasteiger partial charge < -0.3 is 10.1 Å². The van der Waals surface area contributed by atoms with Gasteiger partial charge in [0.05, 0.1) is 0 Å². The molecule has 0 saturated carbocycles. The molecule has 1 aliphatic heterocycles. The Morgan fingerprint density at radius 2 is 1.70 bits per heavy atom. The van der Waals surface area contributed by atoms with Crippen molar-refractivity contribution in [2.75, 3.05) is 5.32 Å². The average molecular weight is 307 g/mol. The van der Waals surface area contributed by atoms with Crippen LogP contribution >= 0.6 is 0 Å². The predicted molar refractivity (Wildman–Crippen MR) is 88.3 cm³/mol. The molecule has 0 aromatic heterocycles. The largest absolute Gasteiger partial charge is 0.356 e. The quantitative estimate of drug-likeness (QED) is 0.522. The number of rotatable bonds is 5. The van der Waals surface area contributed by atoms with Crippen molar-refractivity contribution >= 4 is 17.4 Å². The minimum Gasteiger partial charge on any atom is -0.356 e. The van der Waals surface area contributed by atoms with Crippen LogP contribution in [0.4, 0.5) is 5.69 Å². The monoisotopic (exact) mass is 307 g/mol. The number of amides is 1. The van der Waals surface area contributed by atoms with Gasteiger partial charge >= 0.3 is 0 Å². The third-order valence-corrected chi connectivity index (χ3v) is 3.69. The Kier molecular flexibility index (Phi) is 4.08. The zero-order valence-corrected chi connectivity index (χ0v) is 12.8. The molecule has 1 saturated heterocycles. The molecule has 0 aliphatic carbocycles. The summed E-state index contributed by atoms with van der Waals surface area (Å²) in [5.74, 6) is -0.282. The van der Waals surface area contributed by atoms with E-state index in [2.05, 4.69) is 11.9 Å². The van der Waals surface area contributed by atoms with E-state index in [0.717, 1.165) is 5.56 Å². The summed E-state index contributed by atoms with van der Waals surface area (Å²) in [6, 6.07) is 16.5. The van der Waals surface area contributed by atoms with Gasteiger partial charge in [-0.1, -0.05) is 36.9 Å². The second-order valence-electron chi connectivity index (χ2n) is 5.56. The molecule has 23 heavy (non-hydrogen) atoms. The van der Waals surface area contributed by atoms with Crippen molar-refractivity contribution < 1.29 is 14.3 Å². The number of benzene rings is 2. The minimum absolute atomic E-state index is 0.0448. The molecule has 1 amide bonds. The van der Waals surface area contributed by atoms with E-state index < -0.39 is 6.10 Å². The molecule has 2 aromatic carbocycles. The van der Waals surface area contributed by atoms with E-state index in [9.17, 15) is 9.59 Å². The lowest BCUT2D eigenvalue weighted by molar-refractivity contribution is -0.112. The first-order chi connectivity index (χ1) is 11.1. The SMILES string of the molecule is C=C(C)C(=O)Nc1ccc(C(=O)C2OC2c2ccccc2)cc1. The maximum Gasteiger partial charge on any atom is 0.250 e. The first kappa shape index (κ1) is 15.2. The smallest absolute Gasteiger partial charge is 0.250 e. The number of ether oxygens (including phenoxy) is 1. The third-order valence-electron chi connectivity index (χ3n) is 3.69. The van der Waals surface area contributed by atoms with Gasteiger partial charge in [0.15, 0.2) is 11.9 Å². The van der Waals surface area contributed by atoms with E-state index in [1.807, 2.05) is 30.3 Å². The number of Topliss-reactive ketones (excluding diaryl/α,β-unsaturated/α-hetero) is 1. The van der Waals surface area contributed by atoms with Crippen LogP contribution in [0.15, 0.2) is 66.7 Å². The topological polar surface area (TPSA) is 58.7 Å². The van der Waals surface area contributed by atoms with Gasteiger partial charge in [0.2, 0.25) is 0 Å². The van der Waals surface area contributed by atoms with Crippen molar-refractivity contribution in [3.63, 3.8) is 0 Å². The molecular weight excluding hydrogens is 290 g/mol. The molecule has 1 aliphatic rings. The highest BCUT2D eigenvalue weighted by Crippen LogP contribution is 2.40. The standard InChI is InChI=1S/C19H17NO3/c1-12(2)19(22)20-15-10-8-13(9-11-15)16(21)18-17(23-18)14-6-4-3-5-7-14/h3-11,17-18H,1H2,2H3,(H,20,22). The number of hydrogen-bond acceptors (Lipinski definition) is 3. The van der Waals surface area contributed by atoms with Crippen LogP contribution in [0.1, 0.15) is 28.9 Å². The number of nitrogens with one attached hydrogen (secondary N) is 1. The van der Waals surface area contributed by atoms with Crippen molar-refractivity contribution in [2.45, 2.75) is 19.1 Å². The normalized spacial score (nSPS) is 19.0. The maximum absolute atomic E-state index is 12.4. The fourth-order valence-electron chi connectivity index (χ4n) is 2.33. The second kappa shape index (κ2) is 6.18. The summed E-state index contributed by atoms with van der Waals surface area (Å²) in [6.07, 6.45) is -0.584. The van der Waals surface area contributed by atoms with Crippen molar-refractivity contribution in [1.29, 1.82) is 0 Å². The maximum atomic E-state index is 12.4. The summed E-state index contributed by atoms with van der Waals surface area (Å²) in [4.78, 5) is 24.0. The van der Waals surface area contributed by atoms with E-state index in [1.165, 1.54) is 0 Å². The molecule has 4 heteroatoms. The molecule has 0 bridgehead atoms. The molecule has 1 fully saturated rings. The van der Waals surface area contributed by atoms with Crippen molar-refractivity contribution in [3.8, 4) is 0 Å². The van der Waals surface area contributed by atoms with Gasteiger partial charge in [-0.15, -0.1) is 0 Å². The lowest BCUT2D eigenvalue weighted by atomic mass is 10.0. The Hall–Kier alpha value is -2.72. The van der Waals surface area contributed by atoms with E-state index in [1.54, 1.807) is 31.2 Å². The first-order valence-corrected chi connectivity index (χ1v) is 7.38. The number of carbonyl (C=O) groups is 2. The highest BCUT2D eigenvalue weighted by atomic mass is 16.6. The molecular formula is C19H17NO3. The van der Waals surface area contributed by atoms with E-state index in [-0.39, 0.29) is 17.8 Å². The molecule has 4 nitrogen and oxygen atoms in total. The van der Waals surface area contributed by atoms with E-state index >= 15 is 0 Å². The minimum atomic E-state index is -0.423. The molecule has 1 heterocycles. The van der Waals surface area contributed by atoms with Crippen LogP contribution in [-0.2, 0) is 9.53 Å². The van der Waals surface area contributed by atoms with Gasteiger partial charge in [0.25, 0.3) is 5.91 Å². The Balaban J connectivity index is 1.65. The molecule has 2 atom stereocenters. The van der Waals surface area contributed by atoms with Gasteiger partial charge in [0, 0.05) is 16.8 Å². The lowest BCUT2D eigenvalue weighted by Crippen LogP contribution is -2.12. The Labute approximate surface area is 134 Å². The Morgan fingerprint density at radius 3 is 2.30 bits per heavy atom. The lowest BCUT2D eigenvalue weighted by Gasteiger charge is -2.05. The highest BCUT2D eigenvalue weighted by molar-refractivity contribution is 6.04. The highest BCUT2D eigenvalue weighted by Gasteiger charge is 2.45. The summed E-state index contributed by atoms with van der Waals surface area (Å²) in [5.41, 5.74) is 2.64. The van der Waals surface area contributed by atoms with Gasteiger partial charge in [-0.25, -0.2) is 0 Å². The number of epoxide rings is 1. The van der Waals surface area contributed by atoms with E-state index in [4.69, 9.17) is 4.74 Å². The summed E-state index contributed by atoms with van der Waals surface area (Å²) in [6.45, 7) is 5.22. The van der Waals surface area contributed by atoms with Gasteiger partial charge in [0.1, 0.15) is 6.10 Å². The molecule has 3 rings (SSSR count). The van der Waals surface area contributed by atoms with Crippen LogP contribution < -0.4 is 5.32 Å². The zero-order valence-electron chi connectivity index (χ0n) is 12.8. The van der Waals surface area contributed by atoms with Crippen LogP contribution in [0.2, 0.25) is 0 Å². The van der Waals surface area contributed by atoms with Crippen molar-refractivity contribution in [1.82, 2.24) is 0 Å². The van der Waals surface area contributed by atoms with Gasteiger partial charge in [-0.3, -0.25) is 9.59 Å². The van der Waals surface area contributed by atoms with Crippen LogP contribution in [0.25, 0.3) is 0 Å². The number of ketones is 1. The third kappa shape index (κ3) is 3.38. The van der Waals surface area contributed by atoms with Gasteiger partial charge in [-0.2, -0.15) is 0 Å². The first-order valence-electron chi connectivity index (χ1n) is 7.38. The summed E-state index contributed by atoms with van der Waals surface area (Å²) >= 11 is 0. The van der Waals surface area contributed by atoms with Gasteiger partial charge in [-0.05, 0) is 36.8 Å². The van der Waals surface area contributed by atoms with E-state index in [0.29, 0.717) is 16.8 Å². The number of anilines is 1. The Morgan fingerprint density at radius 1 is 1.04 bits per heavy atom. The van der Waals surface area contributed by atoms with Crippen molar-refractivity contribution in [3.05, 3.63) is 77.9 Å². The van der Waals surface area contributed by atoms with Crippen LogP contribution in [-0.4, -0.2) is 17.8 Å². The summed E-state index contributed by atoms with van der Waals surface area (Å²) < 4.78 is 5.51. The van der Waals surface area contributed by atoms with Crippen LogP contribution in [0.5, 0.6) is 0 Å². The average Bonchev–Trinajstić information content (AvgIpc) is 3.36. The summed E-state index contributed by atoms with van der Waals surface area (Å²) in [7, 11) is 0. The molecule has 0 radical (unpaired) electrons. The number of hydrogen-bond donors (Lipinski definition) is 1. The predicted octanol–water partition coefficient (Wildman–Crippen LogP) is 3.52.